The quantitative estimate of drug-likeness (QED) is 0.424. The summed E-state index contributed by atoms with van der Waals surface area (Å²) in [4.78, 5) is 11.0. The van der Waals surface area contributed by atoms with Crippen LogP contribution in [0.25, 0.3) is 0 Å². The first kappa shape index (κ1) is 8.47. The van der Waals surface area contributed by atoms with Crippen LogP contribution in [0.2, 0.25) is 0 Å². The molecule has 7 nitrogen and oxygen atoms in total. The Kier molecular flexibility index (Phi) is 2.59. The average molecular weight is 171 g/mol. The van der Waals surface area contributed by atoms with E-state index in [0.29, 0.717) is 0 Å². The minimum Gasteiger partial charge on any atom is -0.395 e. The van der Waals surface area contributed by atoms with Crippen LogP contribution in [0.3, 0.4) is 0 Å². The third-order valence-corrected chi connectivity index (χ3v) is 1.21. The van der Waals surface area contributed by atoms with Crippen LogP contribution in [0.1, 0.15) is 0 Å². The fourth-order valence-electron chi connectivity index (χ4n) is 0.698. The van der Waals surface area contributed by atoms with Crippen molar-refractivity contribution in [1.29, 1.82) is 0 Å². The van der Waals surface area contributed by atoms with E-state index in [2.05, 4.69) is 20.7 Å². The zero-order valence-corrected chi connectivity index (χ0v) is 6.24. The number of nitrogens with zero attached hydrogens (tertiary/aromatic N) is 2. The van der Waals surface area contributed by atoms with Crippen molar-refractivity contribution in [2.24, 2.45) is 0 Å². The van der Waals surface area contributed by atoms with Gasteiger partial charge in [0.25, 0.3) is 5.56 Å². The summed E-state index contributed by atoms with van der Waals surface area (Å²) in [5.74, 6) is 0.0206. The van der Waals surface area contributed by atoms with Crippen molar-refractivity contribution in [3.8, 4) is 0 Å². The highest BCUT2D eigenvalue weighted by molar-refractivity contribution is 5.58. The molecular weight excluding hydrogens is 162 g/mol. The van der Waals surface area contributed by atoms with Gasteiger partial charge < -0.3 is 16.2 Å². The highest BCUT2D eigenvalue weighted by Crippen LogP contribution is 2.03. The molecule has 0 atom stereocenters. The Hall–Kier alpha value is -1.63. The number of nitrogen functional groups attached to an aromatic ring is 1. The molecule has 0 radical (unpaired) electrons. The highest BCUT2D eigenvalue weighted by atomic mass is 16.3. The van der Waals surface area contributed by atoms with E-state index in [4.69, 9.17) is 10.8 Å². The largest absolute Gasteiger partial charge is 0.395 e. The van der Waals surface area contributed by atoms with Crippen molar-refractivity contribution in [3.05, 3.63) is 10.4 Å². The van der Waals surface area contributed by atoms with Crippen LogP contribution >= 0.6 is 0 Å². The van der Waals surface area contributed by atoms with E-state index in [1.807, 2.05) is 0 Å². The minimum atomic E-state index is -0.448. The van der Waals surface area contributed by atoms with Crippen LogP contribution in [0.15, 0.2) is 4.79 Å². The summed E-state index contributed by atoms with van der Waals surface area (Å²) in [5, 5.41) is 19.8. The Morgan fingerprint density at radius 2 is 2.42 bits per heavy atom. The van der Waals surface area contributed by atoms with Gasteiger partial charge in [-0.05, 0) is 0 Å². The summed E-state index contributed by atoms with van der Waals surface area (Å²) >= 11 is 0. The van der Waals surface area contributed by atoms with Gasteiger partial charge in [0.15, 0.2) is 5.82 Å². The zero-order chi connectivity index (χ0) is 8.97. The van der Waals surface area contributed by atoms with Gasteiger partial charge in [-0.15, -0.1) is 5.10 Å². The fourth-order valence-corrected chi connectivity index (χ4v) is 0.698. The van der Waals surface area contributed by atoms with Crippen molar-refractivity contribution in [1.82, 2.24) is 15.4 Å². The Labute approximate surface area is 67.6 Å². The first-order chi connectivity index (χ1) is 5.75. The fraction of sp³-hybridized carbons (Fsp3) is 0.400. The van der Waals surface area contributed by atoms with Gasteiger partial charge in [0.1, 0.15) is 5.69 Å². The topological polar surface area (TPSA) is 117 Å². The van der Waals surface area contributed by atoms with Crippen molar-refractivity contribution >= 4 is 11.5 Å². The molecular formula is C5H9N5O2. The van der Waals surface area contributed by atoms with Crippen molar-refractivity contribution in [3.63, 3.8) is 0 Å². The third-order valence-electron chi connectivity index (χ3n) is 1.21. The number of rotatable bonds is 3. The lowest BCUT2D eigenvalue weighted by Gasteiger charge is -2.02. The summed E-state index contributed by atoms with van der Waals surface area (Å²) in [7, 11) is 0. The number of hydrogen-bond donors (Lipinski definition) is 4. The van der Waals surface area contributed by atoms with Gasteiger partial charge in [-0.1, -0.05) is 5.21 Å². The Balaban J connectivity index is 2.89. The Morgan fingerprint density at radius 3 is 3.00 bits per heavy atom. The van der Waals surface area contributed by atoms with Crippen LogP contribution < -0.4 is 16.6 Å². The number of aromatic amines is 1. The van der Waals surface area contributed by atoms with Crippen LogP contribution in [-0.2, 0) is 0 Å². The van der Waals surface area contributed by atoms with Gasteiger partial charge in [0.05, 0.1) is 6.61 Å². The predicted molar refractivity (Wildman–Crippen MR) is 42.6 cm³/mol. The van der Waals surface area contributed by atoms with E-state index >= 15 is 0 Å². The number of nitrogens with two attached hydrogens (primary N) is 1. The predicted octanol–water partition coefficient (Wildman–Crippen LogP) is -1.85. The van der Waals surface area contributed by atoms with E-state index in [0.717, 1.165) is 0 Å². The SMILES string of the molecule is Nc1nn[nH]c(=O)c1NCCO. The number of H-pyrrole nitrogens is 1. The van der Waals surface area contributed by atoms with Crippen molar-refractivity contribution in [2.45, 2.75) is 0 Å². The molecule has 0 aliphatic carbocycles. The highest BCUT2D eigenvalue weighted by Gasteiger charge is 2.03. The van der Waals surface area contributed by atoms with Gasteiger partial charge in [0, 0.05) is 6.54 Å². The number of aliphatic hydroxyl groups excluding tert-OH is 1. The third kappa shape index (κ3) is 1.70. The number of aromatic nitrogens is 3. The summed E-state index contributed by atoms with van der Waals surface area (Å²) < 4.78 is 0. The number of nitrogens with one attached hydrogen (secondary N) is 2. The molecule has 5 N–H and O–H groups in total. The second-order valence-corrected chi connectivity index (χ2v) is 2.05. The lowest BCUT2D eigenvalue weighted by atomic mass is 10.4. The van der Waals surface area contributed by atoms with Crippen LogP contribution in [0.5, 0.6) is 0 Å². The zero-order valence-electron chi connectivity index (χ0n) is 6.24. The first-order valence-corrected chi connectivity index (χ1v) is 3.31. The summed E-state index contributed by atoms with van der Waals surface area (Å²) in [5.41, 5.74) is 5.01. The molecule has 1 rings (SSSR count). The van der Waals surface area contributed by atoms with Gasteiger partial charge in [-0.25, -0.2) is 5.10 Å². The average Bonchev–Trinajstić information content (AvgIpc) is 2.04. The molecule has 0 saturated heterocycles. The standard InChI is InChI=1S/C5H9N5O2/c6-4-3(7-1-2-11)5(12)9-10-8-4/h11H,1-2H2,(H,7,10)(H3,6,8,9,12). The van der Waals surface area contributed by atoms with E-state index in [1.54, 1.807) is 0 Å². The normalized spacial score (nSPS) is 9.75. The molecule has 0 aliphatic rings. The molecule has 0 unspecified atom stereocenters. The van der Waals surface area contributed by atoms with Gasteiger partial charge in [-0.2, -0.15) is 0 Å². The summed E-state index contributed by atoms with van der Waals surface area (Å²) in [6, 6.07) is 0. The lowest BCUT2D eigenvalue weighted by molar-refractivity contribution is 0.311. The summed E-state index contributed by atoms with van der Waals surface area (Å²) in [6.45, 7) is 0.167. The molecule has 1 aromatic heterocycles. The molecule has 7 heteroatoms. The molecule has 0 aliphatic heterocycles. The minimum absolute atomic E-state index is 0.0206. The Morgan fingerprint density at radius 1 is 1.67 bits per heavy atom. The van der Waals surface area contributed by atoms with E-state index in [-0.39, 0.29) is 24.7 Å². The number of anilines is 2. The van der Waals surface area contributed by atoms with Crippen LogP contribution in [0.4, 0.5) is 11.5 Å². The molecule has 0 aromatic carbocycles. The van der Waals surface area contributed by atoms with E-state index in [9.17, 15) is 4.79 Å². The number of hydrogen-bond acceptors (Lipinski definition) is 6. The second kappa shape index (κ2) is 3.67. The second-order valence-electron chi connectivity index (χ2n) is 2.05. The lowest BCUT2D eigenvalue weighted by Crippen LogP contribution is -2.20. The van der Waals surface area contributed by atoms with Gasteiger partial charge in [-0.3, -0.25) is 4.79 Å². The van der Waals surface area contributed by atoms with E-state index in [1.165, 1.54) is 0 Å². The van der Waals surface area contributed by atoms with Crippen molar-refractivity contribution < 1.29 is 5.11 Å². The van der Waals surface area contributed by atoms with Gasteiger partial charge >= 0.3 is 0 Å². The van der Waals surface area contributed by atoms with Crippen molar-refractivity contribution in [2.75, 3.05) is 24.2 Å². The molecule has 0 saturated carbocycles. The maximum Gasteiger partial charge on any atom is 0.292 e. The molecule has 0 fully saturated rings. The molecule has 1 aromatic rings. The smallest absolute Gasteiger partial charge is 0.292 e. The van der Waals surface area contributed by atoms with E-state index < -0.39 is 5.56 Å². The Bertz CT molecular complexity index is 309. The van der Waals surface area contributed by atoms with Gasteiger partial charge in [0.2, 0.25) is 0 Å². The molecule has 0 bridgehead atoms. The maximum atomic E-state index is 11.0. The van der Waals surface area contributed by atoms with Crippen LogP contribution in [-0.4, -0.2) is 33.7 Å². The monoisotopic (exact) mass is 171 g/mol. The molecule has 1 heterocycles. The summed E-state index contributed by atoms with van der Waals surface area (Å²) in [6.07, 6.45) is 0. The molecule has 0 spiro atoms. The molecule has 0 amide bonds. The molecule has 12 heavy (non-hydrogen) atoms. The van der Waals surface area contributed by atoms with Crippen LogP contribution in [0, 0.1) is 0 Å². The number of aliphatic hydroxyl groups is 1. The molecule has 66 valence electrons. The first-order valence-electron chi connectivity index (χ1n) is 3.31. The maximum absolute atomic E-state index is 11.0.